The van der Waals surface area contributed by atoms with E-state index in [1.807, 2.05) is 15.7 Å². The molecule has 0 saturated carbocycles. The summed E-state index contributed by atoms with van der Waals surface area (Å²) in [7, 11) is 0. The molecule has 0 spiro atoms. The van der Waals surface area contributed by atoms with Gasteiger partial charge in [-0.05, 0) is 0 Å². The van der Waals surface area contributed by atoms with Gasteiger partial charge in [0.05, 0.1) is 18.7 Å². The van der Waals surface area contributed by atoms with E-state index in [1.54, 1.807) is 0 Å². The van der Waals surface area contributed by atoms with Crippen molar-refractivity contribution in [3.63, 3.8) is 0 Å². The number of imidazole rings is 1. The molecular weight excluding hydrogens is 360 g/mol. The van der Waals surface area contributed by atoms with Crippen LogP contribution in [-0.4, -0.2) is 50.8 Å². The summed E-state index contributed by atoms with van der Waals surface area (Å²) >= 11 is 0.119. The van der Waals surface area contributed by atoms with Gasteiger partial charge in [0.2, 0.25) is 0 Å². The van der Waals surface area contributed by atoms with Crippen molar-refractivity contribution >= 4 is 39.4 Å². The molecule has 128 valence electrons. The predicted octanol–water partition coefficient (Wildman–Crippen LogP) is 1.43. The molecule has 0 bridgehead atoms. The van der Waals surface area contributed by atoms with Gasteiger partial charge in [0.1, 0.15) is 29.2 Å². The molecule has 0 radical (unpaired) electrons. The van der Waals surface area contributed by atoms with Crippen molar-refractivity contribution in [3.8, 4) is 6.07 Å². The van der Waals surface area contributed by atoms with E-state index in [4.69, 9.17) is 4.74 Å². The Hall–Kier alpha value is -2.19. The van der Waals surface area contributed by atoms with Gasteiger partial charge in [0.25, 0.3) is 0 Å². The van der Waals surface area contributed by atoms with E-state index in [-0.39, 0.29) is 5.75 Å². The Kier molecular flexibility index (Phi) is 4.54. The largest absolute Gasteiger partial charge is 0.609 e. The minimum Gasteiger partial charge on any atom is -0.609 e. The summed E-state index contributed by atoms with van der Waals surface area (Å²) < 4.78 is 18.0. The highest BCUT2D eigenvalue weighted by Gasteiger charge is 2.24. The van der Waals surface area contributed by atoms with Gasteiger partial charge < -0.3 is 14.2 Å². The highest BCUT2D eigenvalue weighted by Crippen LogP contribution is 2.24. The smallest absolute Gasteiger partial charge is 0.322 e. The van der Waals surface area contributed by atoms with Crippen molar-refractivity contribution in [1.29, 1.82) is 5.26 Å². The van der Waals surface area contributed by atoms with Gasteiger partial charge in [-0.3, -0.25) is 4.98 Å². The monoisotopic (exact) mass is 374 g/mol. The zero-order valence-corrected chi connectivity index (χ0v) is 14.8. The Bertz CT molecular complexity index is 899. The fraction of sp³-hybridized carbons (Fsp3) is 0.333. The number of nitrogens with zero attached hydrogens (tertiary/aromatic N) is 5. The molecule has 1 saturated heterocycles. The van der Waals surface area contributed by atoms with Crippen molar-refractivity contribution < 1.29 is 9.29 Å². The van der Waals surface area contributed by atoms with Crippen molar-refractivity contribution in [3.05, 3.63) is 28.3 Å². The van der Waals surface area contributed by atoms with E-state index < -0.39 is 11.2 Å². The summed E-state index contributed by atoms with van der Waals surface area (Å²) in [5.41, 5.74) is 2.50. The first-order chi connectivity index (χ1) is 12.3. The molecule has 3 aromatic rings. The van der Waals surface area contributed by atoms with Crippen LogP contribution < -0.4 is 4.90 Å². The van der Waals surface area contributed by atoms with Crippen LogP contribution in [0.2, 0.25) is 0 Å². The van der Waals surface area contributed by atoms with E-state index in [1.165, 1.54) is 17.7 Å². The number of nitriles is 1. The Labute approximate surface area is 150 Å². The van der Waals surface area contributed by atoms with Gasteiger partial charge in [-0.25, -0.2) is 9.97 Å². The Balaban J connectivity index is 1.61. The summed E-state index contributed by atoms with van der Waals surface area (Å²) in [6.45, 7) is 2.53. The van der Waals surface area contributed by atoms with Crippen LogP contribution in [0.5, 0.6) is 0 Å². The standard InChI is InChI=1S/C15H14N6O2S2/c16-5-10-13(17-9-18-14(10)21-1-3-23-4-2-21)8-25(22)15-19-11-6-24-7-12(11)20-15/h6-7,9H,1-4,8H2,(H,19,20). The molecule has 1 aliphatic rings. The second-order valence-electron chi connectivity index (χ2n) is 5.43. The molecule has 1 fully saturated rings. The van der Waals surface area contributed by atoms with Crippen LogP contribution in [0.25, 0.3) is 11.0 Å². The first kappa shape index (κ1) is 16.3. The van der Waals surface area contributed by atoms with E-state index in [0.717, 1.165) is 11.0 Å². The molecule has 0 aromatic carbocycles. The third kappa shape index (κ3) is 3.19. The van der Waals surface area contributed by atoms with Gasteiger partial charge in [0.15, 0.2) is 11.6 Å². The Morgan fingerprint density at radius 3 is 2.96 bits per heavy atom. The maximum atomic E-state index is 12.7. The SMILES string of the molecule is N#Cc1c(C[S+]([O-])c2nc3cscc3[nH]2)ncnc1N1CCOCC1. The molecule has 10 heteroatoms. The minimum absolute atomic E-state index is 0.113. The molecule has 0 aliphatic carbocycles. The second kappa shape index (κ2) is 6.97. The lowest BCUT2D eigenvalue weighted by molar-refractivity contribution is 0.122. The summed E-state index contributed by atoms with van der Waals surface area (Å²) in [6, 6.07) is 2.17. The summed E-state index contributed by atoms with van der Waals surface area (Å²) in [5.74, 6) is 0.690. The van der Waals surface area contributed by atoms with E-state index in [2.05, 4.69) is 26.0 Å². The van der Waals surface area contributed by atoms with Crippen molar-refractivity contribution in [2.45, 2.75) is 10.9 Å². The number of aromatic nitrogens is 4. The maximum Gasteiger partial charge on any atom is 0.322 e. The van der Waals surface area contributed by atoms with Crippen molar-refractivity contribution in [2.75, 3.05) is 31.2 Å². The molecule has 1 atom stereocenters. The average molecular weight is 374 g/mol. The highest BCUT2D eigenvalue weighted by atomic mass is 32.2. The molecule has 0 amide bonds. The highest BCUT2D eigenvalue weighted by molar-refractivity contribution is 7.90. The zero-order valence-electron chi connectivity index (χ0n) is 13.1. The molecule has 4 rings (SSSR count). The minimum atomic E-state index is -1.42. The van der Waals surface area contributed by atoms with Gasteiger partial charge in [-0.15, -0.1) is 11.3 Å². The lowest BCUT2D eigenvalue weighted by atomic mass is 10.2. The summed E-state index contributed by atoms with van der Waals surface area (Å²) in [4.78, 5) is 17.8. The van der Waals surface area contributed by atoms with Crippen molar-refractivity contribution in [2.24, 2.45) is 0 Å². The van der Waals surface area contributed by atoms with Gasteiger partial charge in [-0.2, -0.15) is 10.2 Å². The number of anilines is 1. The molecule has 4 heterocycles. The number of hydrogen-bond acceptors (Lipinski definition) is 8. The third-order valence-electron chi connectivity index (χ3n) is 3.92. The quantitative estimate of drug-likeness (QED) is 0.687. The van der Waals surface area contributed by atoms with Crippen LogP contribution in [0.4, 0.5) is 5.82 Å². The average Bonchev–Trinajstić information content (AvgIpc) is 3.24. The van der Waals surface area contributed by atoms with Gasteiger partial charge >= 0.3 is 5.16 Å². The molecule has 1 N–H and O–H groups in total. The first-order valence-electron chi connectivity index (χ1n) is 7.63. The maximum absolute atomic E-state index is 12.7. The number of morpholine rings is 1. The predicted molar refractivity (Wildman–Crippen MR) is 93.9 cm³/mol. The Morgan fingerprint density at radius 1 is 1.36 bits per heavy atom. The van der Waals surface area contributed by atoms with Crippen LogP contribution in [0.15, 0.2) is 22.2 Å². The second-order valence-corrected chi connectivity index (χ2v) is 7.54. The van der Waals surface area contributed by atoms with Crippen molar-refractivity contribution in [1.82, 2.24) is 19.9 Å². The molecule has 3 aromatic heterocycles. The van der Waals surface area contributed by atoms with E-state index in [0.29, 0.717) is 48.5 Å². The van der Waals surface area contributed by atoms with Crippen LogP contribution in [0.3, 0.4) is 0 Å². The summed E-state index contributed by atoms with van der Waals surface area (Å²) in [5, 5.41) is 13.8. The number of H-pyrrole nitrogens is 1. The third-order valence-corrected chi connectivity index (χ3v) is 5.81. The van der Waals surface area contributed by atoms with Crippen LogP contribution in [0.1, 0.15) is 11.3 Å². The van der Waals surface area contributed by atoms with Gasteiger partial charge in [0, 0.05) is 35.0 Å². The van der Waals surface area contributed by atoms with E-state index >= 15 is 0 Å². The fourth-order valence-corrected chi connectivity index (χ4v) is 4.39. The number of hydrogen-bond donors (Lipinski definition) is 1. The molecule has 1 aliphatic heterocycles. The number of aromatic amines is 1. The number of thiophene rings is 1. The molecular formula is C15H14N6O2S2. The zero-order chi connectivity index (χ0) is 17.2. The topological polar surface area (TPSA) is 114 Å². The number of nitrogens with one attached hydrogen (secondary N) is 1. The fourth-order valence-electron chi connectivity index (χ4n) is 2.67. The van der Waals surface area contributed by atoms with Gasteiger partial charge in [-0.1, -0.05) is 0 Å². The normalized spacial score (nSPS) is 16.1. The molecule has 25 heavy (non-hydrogen) atoms. The lowest BCUT2D eigenvalue weighted by Gasteiger charge is -2.28. The number of ether oxygens (including phenoxy) is 1. The number of rotatable bonds is 4. The van der Waals surface area contributed by atoms with Crippen LogP contribution in [0, 0.1) is 11.3 Å². The van der Waals surface area contributed by atoms with Crippen LogP contribution in [-0.2, 0) is 21.7 Å². The first-order valence-corrected chi connectivity index (χ1v) is 9.89. The summed E-state index contributed by atoms with van der Waals surface area (Å²) in [6.07, 6.45) is 1.42. The van der Waals surface area contributed by atoms with Crippen LogP contribution >= 0.6 is 11.3 Å². The number of fused-ring (bicyclic) bond motifs is 1. The van der Waals surface area contributed by atoms with E-state index in [9.17, 15) is 9.81 Å². The Morgan fingerprint density at radius 2 is 2.20 bits per heavy atom. The molecule has 1 unspecified atom stereocenters. The lowest BCUT2D eigenvalue weighted by Crippen LogP contribution is -2.37. The molecule has 8 nitrogen and oxygen atoms in total.